The highest BCUT2D eigenvalue weighted by Crippen LogP contribution is 2.27. The number of carbonyl (C=O) groups excluding carboxylic acids is 1. The number of halogens is 3. The molecule has 0 bridgehead atoms. The number of aromatic nitrogens is 2. The molecule has 0 radical (unpaired) electrons. The minimum atomic E-state index is -2.69. The molecule has 0 atom stereocenters. The highest BCUT2D eigenvalue weighted by molar-refractivity contribution is 9.18. The maximum Gasteiger partial charge on any atom is 0.264 e. The zero-order valence-electron chi connectivity index (χ0n) is 9.96. The van der Waals surface area contributed by atoms with Gasteiger partial charge in [-0.25, -0.2) is 12.9 Å². The monoisotopic (exact) mass is 362 g/mol. The van der Waals surface area contributed by atoms with Crippen LogP contribution in [0.4, 0.5) is 8.78 Å². The van der Waals surface area contributed by atoms with E-state index in [1.165, 1.54) is 34.5 Å². The fraction of sp³-hybridized carbons (Fsp3) is 0.167. The number of thiol groups is 1. The second-order valence-corrected chi connectivity index (χ2v) is 4.94. The van der Waals surface area contributed by atoms with Gasteiger partial charge in [-0.1, -0.05) is 18.2 Å². The lowest BCUT2D eigenvalue weighted by Gasteiger charge is -2.12. The summed E-state index contributed by atoms with van der Waals surface area (Å²) in [6.45, 7) is -0.183. The van der Waals surface area contributed by atoms with E-state index in [-0.39, 0.29) is 29.2 Å². The molecule has 0 amide bonds. The summed E-state index contributed by atoms with van der Waals surface area (Å²) in [4.78, 5) is 11.4. The number of benzene rings is 1. The number of carbonyl (C=O) groups is 1. The molecule has 1 heterocycles. The van der Waals surface area contributed by atoms with Crippen molar-refractivity contribution in [2.24, 2.45) is 0 Å². The first-order valence-corrected chi connectivity index (χ1v) is 6.66. The SMILES string of the molecule is O=C(Br)c1cccc(C(F)F)c1COc1ccn(S)n1. The molecule has 106 valence electrons. The Morgan fingerprint density at radius 1 is 1.45 bits per heavy atom. The van der Waals surface area contributed by atoms with Gasteiger partial charge in [0.2, 0.25) is 10.6 Å². The maximum atomic E-state index is 13.0. The summed E-state index contributed by atoms with van der Waals surface area (Å²) in [7, 11) is 0. The normalized spacial score (nSPS) is 10.8. The van der Waals surface area contributed by atoms with Gasteiger partial charge in [-0.05, 0) is 28.7 Å². The van der Waals surface area contributed by atoms with Crippen LogP contribution in [-0.4, -0.2) is 13.9 Å². The van der Waals surface area contributed by atoms with Crippen molar-refractivity contribution in [3.8, 4) is 5.88 Å². The first-order valence-electron chi connectivity index (χ1n) is 5.46. The smallest absolute Gasteiger partial charge is 0.264 e. The van der Waals surface area contributed by atoms with Crippen molar-refractivity contribution < 1.29 is 18.3 Å². The van der Waals surface area contributed by atoms with E-state index in [1.807, 2.05) is 0 Å². The van der Waals surface area contributed by atoms with Crippen LogP contribution in [0.3, 0.4) is 0 Å². The minimum Gasteiger partial charge on any atom is -0.472 e. The van der Waals surface area contributed by atoms with Crippen LogP contribution < -0.4 is 4.74 Å². The van der Waals surface area contributed by atoms with Gasteiger partial charge in [0.25, 0.3) is 6.43 Å². The highest BCUT2D eigenvalue weighted by atomic mass is 79.9. The molecule has 0 aliphatic carbocycles. The number of hydrogen-bond acceptors (Lipinski definition) is 4. The molecular weight excluding hydrogens is 354 g/mol. The van der Waals surface area contributed by atoms with E-state index in [0.717, 1.165) is 0 Å². The second kappa shape index (κ2) is 6.36. The van der Waals surface area contributed by atoms with Crippen LogP contribution >= 0.6 is 28.7 Å². The Morgan fingerprint density at radius 2 is 2.20 bits per heavy atom. The van der Waals surface area contributed by atoms with Crippen LogP contribution in [0.2, 0.25) is 0 Å². The second-order valence-electron chi connectivity index (χ2n) is 3.81. The van der Waals surface area contributed by atoms with Gasteiger partial charge in [-0.2, -0.15) is 0 Å². The Labute approximate surface area is 127 Å². The average Bonchev–Trinajstić information content (AvgIpc) is 2.81. The maximum absolute atomic E-state index is 13.0. The number of alkyl halides is 2. The summed E-state index contributed by atoms with van der Waals surface area (Å²) in [6, 6.07) is 5.66. The predicted octanol–water partition coefficient (Wildman–Crippen LogP) is 3.63. The van der Waals surface area contributed by atoms with Crippen molar-refractivity contribution in [2.75, 3.05) is 0 Å². The highest BCUT2D eigenvalue weighted by Gasteiger charge is 2.19. The third kappa shape index (κ3) is 3.37. The molecule has 0 saturated heterocycles. The third-order valence-corrected chi connectivity index (χ3v) is 3.22. The zero-order valence-corrected chi connectivity index (χ0v) is 12.4. The van der Waals surface area contributed by atoms with Crippen LogP contribution in [0.1, 0.15) is 27.9 Å². The van der Waals surface area contributed by atoms with Gasteiger partial charge in [0, 0.05) is 29.0 Å². The lowest BCUT2D eigenvalue weighted by Crippen LogP contribution is -2.07. The Bertz CT molecular complexity index is 634. The van der Waals surface area contributed by atoms with Gasteiger partial charge in [0.1, 0.15) is 6.61 Å². The summed E-state index contributed by atoms with van der Waals surface area (Å²) in [5, 5.41) is 3.85. The molecule has 2 aromatic rings. The van der Waals surface area contributed by atoms with Crippen molar-refractivity contribution in [1.29, 1.82) is 0 Å². The summed E-state index contributed by atoms with van der Waals surface area (Å²) >= 11 is 6.71. The number of ether oxygens (including phenoxy) is 1. The Hall–Kier alpha value is -1.41. The van der Waals surface area contributed by atoms with E-state index in [1.54, 1.807) is 0 Å². The van der Waals surface area contributed by atoms with E-state index >= 15 is 0 Å². The van der Waals surface area contributed by atoms with Crippen LogP contribution in [-0.2, 0) is 6.61 Å². The third-order valence-electron chi connectivity index (χ3n) is 2.57. The van der Waals surface area contributed by atoms with Crippen LogP contribution in [0.25, 0.3) is 0 Å². The minimum absolute atomic E-state index is 0.137. The average molecular weight is 363 g/mol. The van der Waals surface area contributed by atoms with Gasteiger partial charge in [-0.15, -0.1) is 5.10 Å². The van der Waals surface area contributed by atoms with E-state index in [4.69, 9.17) is 4.74 Å². The first kappa shape index (κ1) is 15.0. The molecule has 0 N–H and O–H groups in total. The lowest BCUT2D eigenvalue weighted by atomic mass is 10.0. The van der Waals surface area contributed by atoms with Gasteiger partial charge in [0.05, 0.1) is 0 Å². The lowest BCUT2D eigenvalue weighted by molar-refractivity contribution is 0.109. The van der Waals surface area contributed by atoms with Crippen LogP contribution in [0.5, 0.6) is 5.88 Å². The molecule has 0 aliphatic rings. The van der Waals surface area contributed by atoms with Gasteiger partial charge >= 0.3 is 0 Å². The van der Waals surface area contributed by atoms with E-state index in [9.17, 15) is 13.6 Å². The number of rotatable bonds is 5. The summed E-state index contributed by atoms with van der Waals surface area (Å²) in [6.07, 6.45) is -1.16. The largest absolute Gasteiger partial charge is 0.472 e. The van der Waals surface area contributed by atoms with Crippen molar-refractivity contribution in [2.45, 2.75) is 13.0 Å². The molecule has 2 rings (SSSR count). The molecule has 8 heteroatoms. The molecule has 0 saturated carbocycles. The van der Waals surface area contributed by atoms with E-state index < -0.39 is 11.1 Å². The van der Waals surface area contributed by atoms with E-state index in [0.29, 0.717) is 0 Å². The van der Waals surface area contributed by atoms with Crippen molar-refractivity contribution in [1.82, 2.24) is 9.19 Å². The Balaban J connectivity index is 2.30. The molecule has 4 nitrogen and oxygen atoms in total. The molecule has 0 unspecified atom stereocenters. The number of hydrogen-bond donors (Lipinski definition) is 1. The summed E-state index contributed by atoms with van der Waals surface area (Å²) in [5.74, 6) is 0.233. The van der Waals surface area contributed by atoms with Gasteiger partial charge < -0.3 is 4.74 Å². The van der Waals surface area contributed by atoms with Crippen molar-refractivity contribution >= 4 is 33.4 Å². The predicted molar refractivity (Wildman–Crippen MR) is 75.6 cm³/mol. The molecule has 0 aliphatic heterocycles. The molecule has 1 aromatic heterocycles. The van der Waals surface area contributed by atoms with Crippen molar-refractivity contribution in [3.63, 3.8) is 0 Å². The quantitative estimate of drug-likeness (QED) is 0.652. The van der Waals surface area contributed by atoms with Gasteiger partial charge in [0.15, 0.2) is 0 Å². The van der Waals surface area contributed by atoms with Crippen LogP contribution in [0, 0.1) is 0 Å². The summed E-state index contributed by atoms with van der Waals surface area (Å²) < 4.78 is 32.0. The summed E-state index contributed by atoms with van der Waals surface area (Å²) in [5.41, 5.74) is 0.0480. The number of nitrogens with zero attached hydrogens (tertiary/aromatic N) is 2. The van der Waals surface area contributed by atoms with Crippen LogP contribution in [0.15, 0.2) is 30.5 Å². The molecular formula is C12H9BrF2N2O2S. The topological polar surface area (TPSA) is 44.1 Å². The van der Waals surface area contributed by atoms with Gasteiger partial charge in [-0.3, -0.25) is 4.79 Å². The fourth-order valence-electron chi connectivity index (χ4n) is 1.68. The van der Waals surface area contributed by atoms with E-state index in [2.05, 4.69) is 33.8 Å². The molecule has 1 aromatic carbocycles. The molecule has 0 spiro atoms. The molecule has 0 fully saturated rings. The molecule has 20 heavy (non-hydrogen) atoms. The van der Waals surface area contributed by atoms with Crippen molar-refractivity contribution in [3.05, 3.63) is 47.2 Å². The standard InChI is InChI=1S/C12H9BrF2N2O2S/c13-11(18)7-2-1-3-8(12(14)15)9(7)6-19-10-4-5-17(20)16-10/h1-5,12,20H,6H2. The zero-order chi connectivity index (χ0) is 14.7. The Morgan fingerprint density at radius 3 is 2.75 bits per heavy atom. The fourth-order valence-corrected chi connectivity index (χ4v) is 2.20. The Kier molecular flexibility index (Phi) is 4.77. The first-order chi connectivity index (χ1) is 9.49.